The normalized spacial score (nSPS) is 7.00. The van der Waals surface area contributed by atoms with Crippen LogP contribution in [0.15, 0.2) is 0 Å². The fourth-order valence-corrected chi connectivity index (χ4v) is 0.500. The number of unbranched alkanes of at least 4 members (excludes halogenated alkanes) is 4. The van der Waals surface area contributed by atoms with E-state index in [1.54, 1.807) is 0 Å². The predicted molar refractivity (Wildman–Crippen MR) is 49.8 cm³/mol. The molecule has 0 nitrogen and oxygen atoms in total. The van der Waals surface area contributed by atoms with Crippen LogP contribution in [0.25, 0.3) is 0 Å². The Kier molecular flexibility index (Phi) is 57.1. The summed E-state index contributed by atoms with van der Waals surface area (Å²) in [5.74, 6) is 0. The minimum Gasteiger partial charge on any atom is -0.343 e. The van der Waals surface area contributed by atoms with Crippen LogP contribution in [0.2, 0.25) is 0 Å². The van der Waals surface area contributed by atoms with Crippen molar-refractivity contribution in [2.24, 2.45) is 0 Å². The van der Waals surface area contributed by atoms with E-state index in [0.29, 0.717) is 0 Å². The summed E-state index contributed by atoms with van der Waals surface area (Å²) < 4.78 is 0. The average Bonchev–Trinajstić information content (AvgIpc) is 1.93. The Morgan fingerprint density at radius 3 is 1.00 bits per heavy atom. The van der Waals surface area contributed by atoms with Gasteiger partial charge in [0.05, 0.1) is 0 Å². The van der Waals surface area contributed by atoms with E-state index < -0.39 is 0 Å². The molecule has 0 rings (SSSR count). The van der Waals surface area contributed by atoms with Crippen molar-refractivity contribution in [1.82, 2.24) is 0 Å². The van der Waals surface area contributed by atoms with Crippen molar-refractivity contribution in [1.29, 1.82) is 0 Å². The Bertz CT molecular complexity index is 28.8. The molecule has 0 fully saturated rings. The summed E-state index contributed by atoms with van der Waals surface area (Å²) >= 11 is 0. The monoisotopic (exact) mass is 156 g/mol. The van der Waals surface area contributed by atoms with E-state index in [4.69, 9.17) is 0 Å². The minimum atomic E-state index is 0. The van der Waals surface area contributed by atoms with Crippen LogP contribution in [0, 0.1) is 13.8 Å². The smallest absolute Gasteiger partial charge is 0.343 e. The van der Waals surface area contributed by atoms with Crippen LogP contribution in [0.4, 0.5) is 0 Å². The largest absolute Gasteiger partial charge is 1.00 e. The van der Waals surface area contributed by atoms with E-state index in [0.717, 1.165) is 12.8 Å². The summed E-state index contributed by atoms with van der Waals surface area (Å²) in [6, 6.07) is 0. The topological polar surface area (TPSA) is 0 Å². The molecule has 0 saturated heterocycles. The van der Waals surface area contributed by atoms with Gasteiger partial charge in [0.1, 0.15) is 0 Å². The van der Waals surface area contributed by atoms with Gasteiger partial charge in [-0.3, -0.25) is 0 Å². The molecule has 0 saturated carbocycles. The van der Waals surface area contributed by atoms with Gasteiger partial charge in [-0.05, 0) is 0 Å². The molecule has 64 valence electrons. The molecule has 0 aliphatic heterocycles. The van der Waals surface area contributed by atoms with Gasteiger partial charge in [0, 0.05) is 0 Å². The van der Waals surface area contributed by atoms with Gasteiger partial charge in [0.15, 0.2) is 0 Å². The fraction of sp³-hybridized carbons (Fsp3) is 0.800. The van der Waals surface area contributed by atoms with Gasteiger partial charge in [0.2, 0.25) is 0 Å². The Hall–Kier alpha value is 1.19. The zero-order chi connectivity index (χ0) is 8.24. The van der Waals surface area contributed by atoms with Crippen molar-refractivity contribution in [2.45, 2.75) is 52.4 Å². The van der Waals surface area contributed by atoms with Crippen LogP contribution in [0.3, 0.4) is 0 Å². The van der Waals surface area contributed by atoms with Crippen molar-refractivity contribution in [3.63, 3.8) is 0 Å². The van der Waals surface area contributed by atoms with Gasteiger partial charge in [0.25, 0.3) is 0 Å². The van der Waals surface area contributed by atoms with Crippen molar-refractivity contribution in [3.05, 3.63) is 13.8 Å². The summed E-state index contributed by atoms with van der Waals surface area (Å²) in [7, 11) is 0. The van der Waals surface area contributed by atoms with E-state index >= 15 is 0 Å². The molecule has 0 heterocycles. The second-order valence-corrected chi connectivity index (χ2v) is 2.41. The molecule has 0 aromatic carbocycles. The van der Waals surface area contributed by atoms with Gasteiger partial charge in [-0.2, -0.15) is 12.8 Å². The first-order chi connectivity index (χ1) is 4.83. The molecule has 0 radical (unpaired) electrons. The maximum absolute atomic E-state index is 3.68. The average molecular weight is 156 g/mol. The molecule has 0 unspecified atom stereocenters. The molecule has 0 spiro atoms. The van der Waals surface area contributed by atoms with E-state index in [2.05, 4.69) is 27.7 Å². The third kappa shape index (κ3) is 43.1. The van der Waals surface area contributed by atoms with Crippen LogP contribution < -0.4 is 37.7 Å². The molecule has 0 aromatic heterocycles. The molecule has 12 heavy (non-hydrogen) atoms. The Labute approximate surface area is 104 Å². The van der Waals surface area contributed by atoms with Crippen LogP contribution in [-0.4, -0.2) is 0 Å². The summed E-state index contributed by atoms with van der Waals surface area (Å²) in [5.41, 5.74) is 0. The van der Waals surface area contributed by atoms with Gasteiger partial charge in [-0.15, -0.1) is 0 Å². The molecule has 0 N–H and O–H groups in total. The third-order valence-corrected chi connectivity index (χ3v) is 1.21. The van der Waals surface area contributed by atoms with Gasteiger partial charge in [-0.25, -0.2) is 0 Å². The van der Waals surface area contributed by atoms with E-state index in [1.165, 1.54) is 25.7 Å². The molecular weight excluding hydrogens is 134 g/mol. The number of hydrogen-bond acceptors (Lipinski definition) is 0. The SMILES string of the molecule is [CH2-]CCCC.[CH2-]CCCC.[Li+].[Li+]. The summed E-state index contributed by atoms with van der Waals surface area (Å²) in [5, 5.41) is 0. The molecule has 0 aromatic rings. The zero-order valence-electron chi connectivity index (χ0n) is 9.66. The standard InChI is InChI=1S/2C5H11.2Li/c2*1-3-5-4-2;;/h2*1,3-5H2,2H3;;/q2*-1;2*+1. The van der Waals surface area contributed by atoms with Crippen LogP contribution in [-0.2, 0) is 0 Å². The first kappa shape index (κ1) is 23.2. The Morgan fingerprint density at radius 2 is 1.00 bits per heavy atom. The Morgan fingerprint density at radius 1 is 0.750 bits per heavy atom. The van der Waals surface area contributed by atoms with Crippen molar-refractivity contribution < 1.29 is 37.7 Å². The molecule has 0 atom stereocenters. The third-order valence-electron chi connectivity index (χ3n) is 1.21. The number of rotatable bonds is 4. The fourth-order valence-electron chi connectivity index (χ4n) is 0.500. The van der Waals surface area contributed by atoms with Gasteiger partial charge < -0.3 is 13.8 Å². The number of hydrogen-bond donors (Lipinski definition) is 0. The van der Waals surface area contributed by atoms with Crippen molar-refractivity contribution >= 4 is 0 Å². The molecular formula is C10H22Li2. The Balaban J connectivity index is -0.0000000457. The summed E-state index contributed by atoms with van der Waals surface area (Å²) in [6.45, 7) is 11.7. The first-order valence-electron chi connectivity index (χ1n) is 4.41. The van der Waals surface area contributed by atoms with Crippen LogP contribution in [0.1, 0.15) is 52.4 Å². The molecule has 2 heteroatoms. The van der Waals surface area contributed by atoms with Crippen LogP contribution in [0.5, 0.6) is 0 Å². The van der Waals surface area contributed by atoms with Crippen molar-refractivity contribution in [2.75, 3.05) is 0 Å². The second kappa shape index (κ2) is 29.5. The predicted octanol–water partition coefficient (Wildman–Crippen LogP) is -1.97. The van der Waals surface area contributed by atoms with E-state index in [1.807, 2.05) is 0 Å². The van der Waals surface area contributed by atoms with E-state index in [9.17, 15) is 0 Å². The molecule has 0 aliphatic carbocycles. The molecule has 0 amide bonds. The molecule has 0 aliphatic rings. The zero-order valence-corrected chi connectivity index (χ0v) is 9.66. The maximum Gasteiger partial charge on any atom is 1.00 e. The van der Waals surface area contributed by atoms with E-state index in [-0.39, 0.29) is 37.7 Å². The quantitative estimate of drug-likeness (QED) is 0.327. The summed E-state index contributed by atoms with van der Waals surface area (Å²) in [6.07, 6.45) is 7.31. The van der Waals surface area contributed by atoms with Gasteiger partial charge >= 0.3 is 37.7 Å². The first-order valence-corrected chi connectivity index (χ1v) is 4.41. The minimum absolute atomic E-state index is 0. The van der Waals surface area contributed by atoms with Crippen LogP contribution >= 0.6 is 0 Å². The second-order valence-electron chi connectivity index (χ2n) is 2.41. The van der Waals surface area contributed by atoms with Crippen molar-refractivity contribution in [3.8, 4) is 0 Å². The maximum atomic E-state index is 3.68. The van der Waals surface area contributed by atoms with Gasteiger partial charge in [-0.1, -0.05) is 39.5 Å². The summed E-state index contributed by atoms with van der Waals surface area (Å²) in [4.78, 5) is 0. The molecule has 0 bridgehead atoms.